The van der Waals surface area contributed by atoms with Crippen molar-refractivity contribution in [2.75, 3.05) is 0 Å². The van der Waals surface area contributed by atoms with Gasteiger partial charge in [-0.1, -0.05) is 30.3 Å². The molecule has 1 aliphatic rings. The third kappa shape index (κ3) is 2.88. The fraction of sp³-hybridized carbons (Fsp3) is 0.500. The Morgan fingerprint density at radius 3 is 2.38 bits per heavy atom. The van der Waals surface area contributed by atoms with Crippen LogP contribution in [0.25, 0.3) is 0 Å². The SMILES string of the molecule is Cc1nn(C)c(C)c1C(C)NC(c1ccccc1)C1CC1. The van der Waals surface area contributed by atoms with E-state index < -0.39 is 0 Å². The average molecular weight is 283 g/mol. The maximum atomic E-state index is 4.55. The van der Waals surface area contributed by atoms with Gasteiger partial charge in [0.25, 0.3) is 0 Å². The normalized spacial score (nSPS) is 17.7. The van der Waals surface area contributed by atoms with Gasteiger partial charge in [0, 0.05) is 30.4 Å². The second kappa shape index (κ2) is 5.64. The molecule has 2 unspecified atom stereocenters. The van der Waals surface area contributed by atoms with Gasteiger partial charge >= 0.3 is 0 Å². The molecule has 1 fully saturated rings. The van der Waals surface area contributed by atoms with Crippen LogP contribution in [0.3, 0.4) is 0 Å². The number of hydrogen-bond donors (Lipinski definition) is 1. The Bertz CT molecular complexity index is 611. The van der Waals surface area contributed by atoms with Gasteiger partial charge in [-0.3, -0.25) is 4.68 Å². The Morgan fingerprint density at radius 1 is 1.19 bits per heavy atom. The Kier molecular flexibility index (Phi) is 3.85. The molecule has 0 aliphatic heterocycles. The van der Waals surface area contributed by atoms with Crippen LogP contribution in [0.1, 0.15) is 54.4 Å². The number of aromatic nitrogens is 2. The van der Waals surface area contributed by atoms with Crippen molar-refractivity contribution < 1.29 is 0 Å². The molecule has 0 radical (unpaired) electrons. The van der Waals surface area contributed by atoms with Gasteiger partial charge < -0.3 is 5.32 Å². The van der Waals surface area contributed by atoms with Crippen molar-refractivity contribution in [3.63, 3.8) is 0 Å². The van der Waals surface area contributed by atoms with Crippen LogP contribution in [-0.4, -0.2) is 9.78 Å². The van der Waals surface area contributed by atoms with Gasteiger partial charge in [0.15, 0.2) is 0 Å². The van der Waals surface area contributed by atoms with E-state index in [9.17, 15) is 0 Å². The molecule has 2 aromatic rings. The molecule has 3 heteroatoms. The van der Waals surface area contributed by atoms with Crippen LogP contribution in [0.5, 0.6) is 0 Å². The number of aryl methyl sites for hydroxylation is 2. The fourth-order valence-electron chi connectivity index (χ4n) is 3.36. The molecule has 2 atom stereocenters. The summed E-state index contributed by atoms with van der Waals surface area (Å²) in [5.41, 5.74) is 5.15. The maximum Gasteiger partial charge on any atom is 0.0644 e. The van der Waals surface area contributed by atoms with Gasteiger partial charge in [-0.05, 0) is 45.1 Å². The van der Waals surface area contributed by atoms with Crippen molar-refractivity contribution >= 4 is 0 Å². The predicted molar refractivity (Wildman–Crippen MR) is 86.1 cm³/mol. The van der Waals surface area contributed by atoms with E-state index in [1.54, 1.807) is 0 Å². The predicted octanol–water partition coefficient (Wildman–Crippen LogP) is 3.84. The lowest BCUT2D eigenvalue weighted by Gasteiger charge is -2.24. The molecule has 3 rings (SSSR count). The molecule has 0 amide bonds. The summed E-state index contributed by atoms with van der Waals surface area (Å²) < 4.78 is 1.98. The highest BCUT2D eigenvalue weighted by atomic mass is 15.3. The van der Waals surface area contributed by atoms with E-state index in [1.165, 1.54) is 29.7 Å². The number of nitrogens with zero attached hydrogens (tertiary/aromatic N) is 2. The zero-order valence-corrected chi connectivity index (χ0v) is 13.4. The van der Waals surface area contributed by atoms with Crippen molar-refractivity contribution in [2.45, 2.75) is 45.7 Å². The Morgan fingerprint density at radius 2 is 1.86 bits per heavy atom. The molecule has 1 aromatic carbocycles. The smallest absolute Gasteiger partial charge is 0.0644 e. The first kappa shape index (κ1) is 14.3. The Hall–Kier alpha value is -1.61. The van der Waals surface area contributed by atoms with Crippen molar-refractivity contribution in [3.8, 4) is 0 Å². The Balaban J connectivity index is 1.83. The summed E-state index contributed by atoms with van der Waals surface area (Å²) in [7, 11) is 2.02. The van der Waals surface area contributed by atoms with Crippen LogP contribution in [0.2, 0.25) is 0 Å². The second-order valence-electron chi connectivity index (χ2n) is 6.32. The molecular weight excluding hydrogens is 258 g/mol. The first-order valence-electron chi connectivity index (χ1n) is 7.89. The van der Waals surface area contributed by atoms with Crippen molar-refractivity contribution in [2.24, 2.45) is 13.0 Å². The summed E-state index contributed by atoms with van der Waals surface area (Å²) in [5.74, 6) is 0.784. The lowest BCUT2D eigenvalue weighted by atomic mass is 9.99. The van der Waals surface area contributed by atoms with E-state index in [0.29, 0.717) is 12.1 Å². The van der Waals surface area contributed by atoms with E-state index in [0.717, 1.165) is 11.6 Å². The minimum Gasteiger partial charge on any atom is -0.303 e. The Labute approximate surface area is 127 Å². The number of rotatable bonds is 5. The first-order valence-corrected chi connectivity index (χ1v) is 7.89. The summed E-state index contributed by atoms with van der Waals surface area (Å²) in [6, 6.07) is 11.6. The third-order valence-electron chi connectivity index (χ3n) is 4.68. The van der Waals surface area contributed by atoms with E-state index in [2.05, 4.69) is 61.5 Å². The molecule has 3 nitrogen and oxygen atoms in total. The van der Waals surface area contributed by atoms with Crippen LogP contribution in [0.4, 0.5) is 0 Å². The molecule has 1 aliphatic carbocycles. The largest absolute Gasteiger partial charge is 0.303 e. The van der Waals surface area contributed by atoms with Crippen LogP contribution in [0.15, 0.2) is 30.3 Å². The molecule has 21 heavy (non-hydrogen) atoms. The zero-order valence-electron chi connectivity index (χ0n) is 13.4. The number of nitrogens with one attached hydrogen (secondary N) is 1. The molecule has 1 aromatic heterocycles. The van der Waals surface area contributed by atoms with Gasteiger partial charge in [0.1, 0.15) is 0 Å². The van der Waals surface area contributed by atoms with Gasteiger partial charge in [-0.15, -0.1) is 0 Å². The molecule has 0 bridgehead atoms. The first-order chi connectivity index (χ1) is 10.1. The molecule has 0 saturated heterocycles. The number of hydrogen-bond acceptors (Lipinski definition) is 2. The monoisotopic (exact) mass is 283 g/mol. The van der Waals surface area contributed by atoms with Crippen molar-refractivity contribution in [1.29, 1.82) is 0 Å². The van der Waals surface area contributed by atoms with Gasteiger partial charge in [-0.25, -0.2) is 0 Å². The standard InChI is InChI=1S/C18H25N3/c1-12(17-13(2)20-21(4)14(17)3)19-18(16-10-11-16)15-8-6-5-7-9-15/h5-9,12,16,18-19H,10-11H2,1-4H3. The van der Waals surface area contributed by atoms with Crippen molar-refractivity contribution in [3.05, 3.63) is 52.8 Å². The lowest BCUT2D eigenvalue weighted by molar-refractivity contribution is 0.425. The van der Waals surface area contributed by atoms with Crippen LogP contribution >= 0.6 is 0 Å². The minimum atomic E-state index is 0.324. The van der Waals surface area contributed by atoms with Gasteiger partial charge in [-0.2, -0.15) is 5.10 Å². The van der Waals surface area contributed by atoms with E-state index >= 15 is 0 Å². The van der Waals surface area contributed by atoms with E-state index in [1.807, 2.05) is 11.7 Å². The fourth-order valence-corrected chi connectivity index (χ4v) is 3.36. The summed E-state index contributed by atoms with van der Waals surface area (Å²) in [5, 5.41) is 8.40. The topological polar surface area (TPSA) is 29.9 Å². The summed E-state index contributed by atoms with van der Waals surface area (Å²) in [6.45, 7) is 6.52. The second-order valence-corrected chi connectivity index (χ2v) is 6.32. The van der Waals surface area contributed by atoms with Gasteiger partial charge in [0.2, 0.25) is 0 Å². The third-order valence-corrected chi connectivity index (χ3v) is 4.68. The minimum absolute atomic E-state index is 0.324. The van der Waals surface area contributed by atoms with Crippen molar-refractivity contribution in [1.82, 2.24) is 15.1 Å². The molecular formula is C18H25N3. The van der Waals surface area contributed by atoms with Crippen LogP contribution < -0.4 is 5.32 Å². The van der Waals surface area contributed by atoms with Crippen LogP contribution in [0, 0.1) is 19.8 Å². The zero-order chi connectivity index (χ0) is 15.0. The molecule has 1 heterocycles. The average Bonchev–Trinajstić information content (AvgIpc) is 3.26. The molecule has 1 saturated carbocycles. The maximum absolute atomic E-state index is 4.55. The van der Waals surface area contributed by atoms with Crippen LogP contribution in [-0.2, 0) is 7.05 Å². The highest BCUT2D eigenvalue weighted by Crippen LogP contribution is 2.42. The lowest BCUT2D eigenvalue weighted by Crippen LogP contribution is -2.27. The quantitative estimate of drug-likeness (QED) is 0.903. The summed E-state index contributed by atoms with van der Waals surface area (Å²) in [4.78, 5) is 0. The highest BCUT2D eigenvalue weighted by molar-refractivity contribution is 5.29. The summed E-state index contributed by atoms with van der Waals surface area (Å²) >= 11 is 0. The number of benzene rings is 1. The molecule has 1 N–H and O–H groups in total. The molecule has 0 spiro atoms. The molecule has 112 valence electrons. The summed E-state index contributed by atoms with van der Waals surface area (Å²) in [6.07, 6.45) is 2.68. The van der Waals surface area contributed by atoms with E-state index in [4.69, 9.17) is 0 Å². The van der Waals surface area contributed by atoms with Gasteiger partial charge in [0.05, 0.1) is 5.69 Å². The van der Waals surface area contributed by atoms with E-state index in [-0.39, 0.29) is 0 Å². The highest BCUT2D eigenvalue weighted by Gasteiger charge is 2.33.